The van der Waals surface area contributed by atoms with Crippen molar-refractivity contribution in [3.05, 3.63) is 0 Å². The summed E-state index contributed by atoms with van der Waals surface area (Å²) in [6.07, 6.45) is 6.23. The van der Waals surface area contributed by atoms with Crippen LogP contribution in [0.3, 0.4) is 0 Å². The number of fused-ring (bicyclic) bond motifs is 3. The molecule has 4 aliphatic rings. The minimum absolute atomic E-state index is 0.227. The molecule has 3 nitrogen and oxygen atoms in total. The van der Waals surface area contributed by atoms with Gasteiger partial charge in [-0.2, -0.15) is 0 Å². The highest BCUT2D eigenvalue weighted by Gasteiger charge is 2.41. The minimum atomic E-state index is 0.227. The Labute approximate surface area is 111 Å². The molecule has 0 aromatic carbocycles. The van der Waals surface area contributed by atoms with E-state index in [0.717, 1.165) is 26.1 Å². The first-order valence-corrected chi connectivity index (χ1v) is 7.79. The monoisotopic (exact) mass is 250 g/mol. The van der Waals surface area contributed by atoms with E-state index >= 15 is 0 Å². The molecule has 3 unspecified atom stereocenters. The van der Waals surface area contributed by atoms with E-state index < -0.39 is 0 Å². The van der Waals surface area contributed by atoms with Crippen molar-refractivity contribution < 1.29 is 4.79 Å². The molecule has 1 saturated carbocycles. The van der Waals surface area contributed by atoms with Crippen molar-refractivity contribution in [2.45, 2.75) is 45.1 Å². The number of piperazine rings is 3. The maximum atomic E-state index is 12.8. The Morgan fingerprint density at radius 3 is 2.44 bits per heavy atom. The summed E-state index contributed by atoms with van der Waals surface area (Å²) in [5.41, 5.74) is 0. The second kappa shape index (κ2) is 5.30. The van der Waals surface area contributed by atoms with Crippen LogP contribution in [0.1, 0.15) is 39.0 Å². The molecule has 3 saturated heterocycles. The fourth-order valence-electron chi connectivity index (χ4n) is 4.21. The van der Waals surface area contributed by atoms with Gasteiger partial charge in [-0.05, 0) is 18.8 Å². The maximum Gasteiger partial charge on any atom is 0.154 e. The summed E-state index contributed by atoms with van der Waals surface area (Å²) in [4.78, 5) is 17.8. The lowest BCUT2D eigenvalue weighted by Gasteiger charge is -2.48. The van der Waals surface area contributed by atoms with Gasteiger partial charge in [-0.1, -0.05) is 26.2 Å². The highest BCUT2D eigenvalue weighted by Crippen LogP contribution is 2.35. The van der Waals surface area contributed by atoms with Crippen molar-refractivity contribution in [1.82, 2.24) is 9.80 Å². The molecule has 4 fully saturated rings. The summed E-state index contributed by atoms with van der Waals surface area (Å²) < 4.78 is 0. The maximum absolute atomic E-state index is 12.8. The summed E-state index contributed by atoms with van der Waals surface area (Å²) in [5, 5.41) is 0. The van der Waals surface area contributed by atoms with Crippen LogP contribution < -0.4 is 0 Å². The van der Waals surface area contributed by atoms with Crippen LogP contribution in [-0.2, 0) is 4.79 Å². The van der Waals surface area contributed by atoms with E-state index in [9.17, 15) is 4.79 Å². The molecule has 0 aromatic rings. The summed E-state index contributed by atoms with van der Waals surface area (Å²) in [6, 6.07) is 0.227. The highest BCUT2D eigenvalue weighted by molar-refractivity contribution is 5.87. The van der Waals surface area contributed by atoms with Crippen molar-refractivity contribution in [1.29, 1.82) is 0 Å². The van der Waals surface area contributed by atoms with Crippen LogP contribution in [0.15, 0.2) is 0 Å². The molecule has 0 amide bonds. The van der Waals surface area contributed by atoms with Crippen LogP contribution in [0.25, 0.3) is 0 Å². The Morgan fingerprint density at radius 1 is 1.11 bits per heavy atom. The van der Waals surface area contributed by atoms with Crippen molar-refractivity contribution in [3.8, 4) is 0 Å². The molecule has 3 heterocycles. The van der Waals surface area contributed by atoms with Crippen LogP contribution in [0, 0.1) is 11.8 Å². The van der Waals surface area contributed by atoms with E-state index in [1.54, 1.807) is 0 Å². The van der Waals surface area contributed by atoms with Gasteiger partial charge in [0.25, 0.3) is 0 Å². The predicted molar refractivity (Wildman–Crippen MR) is 72.5 cm³/mol. The molecule has 2 bridgehead atoms. The number of hydrogen-bond acceptors (Lipinski definition) is 3. The van der Waals surface area contributed by atoms with Gasteiger partial charge in [0.15, 0.2) is 5.78 Å². The fraction of sp³-hybridized carbons (Fsp3) is 0.933. The smallest absolute Gasteiger partial charge is 0.154 e. The van der Waals surface area contributed by atoms with E-state index in [2.05, 4.69) is 16.7 Å². The third-order valence-corrected chi connectivity index (χ3v) is 5.41. The van der Waals surface area contributed by atoms with E-state index in [1.165, 1.54) is 38.8 Å². The fourth-order valence-corrected chi connectivity index (χ4v) is 4.21. The Balaban J connectivity index is 1.69. The molecule has 0 N–H and O–H groups in total. The summed E-state index contributed by atoms with van der Waals surface area (Å²) in [7, 11) is 0. The summed E-state index contributed by atoms with van der Waals surface area (Å²) in [5.74, 6) is 1.61. The zero-order valence-electron chi connectivity index (χ0n) is 11.6. The molecule has 102 valence electrons. The van der Waals surface area contributed by atoms with E-state index in [1.807, 2.05) is 0 Å². The first kappa shape index (κ1) is 12.6. The molecule has 1 aliphatic carbocycles. The molecule has 0 radical (unpaired) electrons. The number of nitrogens with zero attached hydrogens (tertiary/aromatic N) is 2. The largest absolute Gasteiger partial charge is 0.299 e. The van der Waals surface area contributed by atoms with Gasteiger partial charge in [0.2, 0.25) is 0 Å². The molecule has 0 aromatic heterocycles. The average molecular weight is 250 g/mol. The molecule has 3 heteroatoms. The number of carbonyl (C=O) groups excluding carboxylic acids is 1. The Kier molecular flexibility index (Phi) is 3.71. The summed E-state index contributed by atoms with van der Waals surface area (Å²) in [6.45, 7) is 7.83. The van der Waals surface area contributed by atoms with Gasteiger partial charge in [0.05, 0.1) is 6.04 Å². The van der Waals surface area contributed by atoms with Crippen molar-refractivity contribution in [2.24, 2.45) is 11.8 Å². The van der Waals surface area contributed by atoms with Gasteiger partial charge in [-0.3, -0.25) is 14.6 Å². The lowest BCUT2D eigenvalue weighted by Crippen LogP contribution is -2.64. The first-order valence-electron chi connectivity index (χ1n) is 7.79. The van der Waals surface area contributed by atoms with Crippen molar-refractivity contribution in [3.63, 3.8) is 0 Å². The second-order valence-corrected chi connectivity index (χ2v) is 6.31. The van der Waals surface area contributed by atoms with Crippen LogP contribution in [0.4, 0.5) is 0 Å². The Bertz CT molecular complexity index is 301. The predicted octanol–water partition coefficient (Wildman–Crippen LogP) is 1.77. The molecular formula is C15H26N2O. The normalized spacial score (nSPS) is 43.9. The zero-order chi connectivity index (χ0) is 12.5. The quantitative estimate of drug-likeness (QED) is 0.763. The van der Waals surface area contributed by atoms with Crippen molar-refractivity contribution in [2.75, 3.05) is 32.7 Å². The SMILES string of the molecule is CCC1CCCCC1C(=O)C1CN2CCN1CC2. The van der Waals surface area contributed by atoms with Gasteiger partial charge in [0, 0.05) is 38.6 Å². The van der Waals surface area contributed by atoms with Gasteiger partial charge >= 0.3 is 0 Å². The number of hydrogen-bond donors (Lipinski definition) is 0. The summed E-state index contributed by atoms with van der Waals surface area (Å²) >= 11 is 0. The van der Waals surface area contributed by atoms with Crippen LogP contribution >= 0.6 is 0 Å². The molecule has 18 heavy (non-hydrogen) atoms. The highest BCUT2D eigenvalue weighted by atomic mass is 16.1. The third kappa shape index (κ3) is 2.23. The van der Waals surface area contributed by atoms with Crippen LogP contribution in [-0.4, -0.2) is 54.3 Å². The lowest BCUT2D eigenvalue weighted by molar-refractivity contribution is -0.136. The number of carbonyl (C=O) groups is 1. The van der Waals surface area contributed by atoms with Crippen LogP contribution in [0.5, 0.6) is 0 Å². The first-order chi connectivity index (χ1) is 8.79. The number of rotatable bonds is 3. The topological polar surface area (TPSA) is 23.6 Å². The molecule has 3 aliphatic heterocycles. The zero-order valence-corrected chi connectivity index (χ0v) is 11.6. The second-order valence-electron chi connectivity index (χ2n) is 6.31. The van der Waals surface area contributed by atoms with Gasteiger partial charge in [-0.15, -0.1) is 0 Å². The van der Waals surface area contributed by atoms with Crippen LogP contribution in [0.2, 0.25) is 0 Å². The van der Waals surface area contributed by atoms with Gasteiger partial charge < -0.3 is 0 Å². The third-order valence-electron chi connectivity index (χ3n) is 5.41. The minimum Gasteiger partial charge on any atom is -0.299 e. The number of ketones is 1. The Morgan fingerprint density at radius 2 is 1.83 bits per heavy atom. The van der Waals surface area contributed by atoms with Gasteiger partial charge in [0.1, 0.15) is 0 Å². The van der Waals surface area contributed by atoms with E-state index in [-0.39, 0.29) is 6.04 Å². The molecular weight excluding hydrogens is 224 g/mol. The number of Topliss-reactive ketones (excluding diaryl/α,β-unsaturated/α-hetero) is 1. The average Bonchev–Trinajstić information content (AvgIpc) is 2.47. The van der Waals surface area contributed by atoms with Gasteiger partial charge in [-0.25, -0.2) is 0 Å². The van der Waals surface area contributed by atoms with Crippen molar-refractivity contribution >= 4 is 5.78 Å². The standard InChI is InChI=1S/C15H26N2O/c1-2-12-5-3-4-6-13(12)15(18)14-11-16-7-9-17(14)10-8-16/h12-14H,2-11H2,1H3. The molecule has 4 rings (SSSR count). The molecule has 3 atom stereocenters. The molecule has 0 spiro atoms. The van der Waals surface area contributed by atoms with E-state index in [4.69, 9.17) is 0 Å². The lowest BCUT2D eigenvalue weighted by atomic mass is 9.73. The Hall–Kier alpha value is -0.410. The van der Waals surface area contributed by atoms with E-state index in [0.29, 0.717) is 17.6 Å².